The highest BCUT2D eigenvalue weighted by molar-refractivity contribution is 5.85. The first kappa shape index (κ1) is 11.5. The molecule has 3 aromatic rings. The first-order valence-corrected chi connectivity index (χ1v) is 7.09. The Hall–Kier alpha value is -2.29. The van der Waals surface area contributed by atoms with Crippen molar-refractivity contribution in [2.24, 2.45) is 0 Å². The van der Waals surface area contributed by atoms with Crippen LogP contribution in [0.25, 0.3) is 17.0 Å². The fraction of sp³-hybridized carbons (Fsp3) is 0.235. The Bertz CT molecular complexity index is 805. The molecule has 1 aromatic carbocycles. The number of allylic oxidation sites excluding steroid dienone is 1. The maximum Gasteiger partial charge on any atom is 0.0929 e. The number of aromatic amines is 2. The summed E-state index contributed by atoms with van der Waals surface area (Å²) in [6, 6.07) is 8.59. The van der Waals surface area contributed by atoms with Gasteiger partial charge in [-0.3, -0.25) is 0 Å². The lowest BCUT2D eigenvalue weighted by molar-refractivity contribution is 0.828. The van der Waals surface area contributed by atoms with Gasteiger partial charge in [-0.2, -0.15) is 0 Å². The molecule has 0 aliphatic heterocycles. The summed E-state index contributed by atoms with van der Waals surface area (Å²) >= 11 is 0. The lowest BCUT2D eigenvalue weighted by atomic mass is 9.90. The maximum atomic E-state index is 4.38. The van der Waals surface area contributed by atoms with Crippen LogP contribution in [0.15, 0.2) is 36.2 Å². The average molecular weight is 263 g/mol. The van der Waals surface area contributed by atoms with E-state index in [2.05, 4.69) is 52.2 Å². The fourth-order valence-electron chi connectivity index (χ4n) is 3.10. The van der Waals surface area contributed by atoms with Gasteiger partial charge in [0.1, 0.15) is 0 Å². The van der Waals surface area contributed by atoms with Gasteiger partial charge in [0.15, 0.2) is 0 Å². The lowest BCUT2D eigenvalue weighted by Gasteiger charge is -2.15. The second-order valence-corrected chi connectivity index (χ2v) is 5.52. The molecule has 0 amide bonds. The van der Waals surface area contributed by atoms with Crippen LogP contribution in [0.5, 0.6) is 0 Å². The van der Waals surface area contributed by atoms with E-state index in [9.17, 15) is 0 Å². The van der Waals surface area contributed by atoms with Crippen molar-refractivity contribution >= 4 is 17.0 Å². The van der Waals surface area contributed by atoms with Gasteiger partial charge >= 0.3 is 0 Å². The van der Waals surface area contributed by atoms with Crippen LogP contribution in [0.2, 0.25) is 0 Å². The third-order valence-corrected chi connectivity index (χ3v) is 4.21. The molecule has 0 unspecified atom stereocenters. The van der Waals surface area contributed by atoms with E-state index in [-0.39, 0.29) is 0 Å². The lowest BCUT2D eigenvalue weighted by Crippen LogP contribution is -2.04. The monoisotopic (exact) mass is 263 g/mol. The molecule has 0 spiro atoms. The van der Waals surface area contributed by atoms with Crippen LogP contribution in [0, 0.1) is 6.92 Å². The van der Waals surface area contributed by atoms with Gasteiger partial charge in [-0.1, -0.05) is 23.8 Å². The molecule has 20 heavy (non-hydrogen) atoms. The Morgan fingerprint density at radius 2 is 2.10 bits per heavy atom. The number of benzene rings is 1. The van der Waals surface area contributed by atoms with E-state index in [0.717, 1.165) is 30.7 Å². The zero-order valence-corrected chi connectivity index (χ0v) is 11.5. The van der Waals surface area contributed by atoms with Gasteiger partial charge in [-0.25, -0.2) is 4.98 Å². The number of hydrogen-bond acceptors (Lipinski definition) is 1. The van der Waals surface area contributed by atoms with Crippen LogP contribution in [0.4, 0.5) is 0 Å². The van der Waals surface area contributed by atoms with Crippen molar-refractivity contribution in [2.45, 2.75) is 26.2 Å². The first-order valence-electron chi connectivity index (χ1n) is 7.09. The zero-order valence-electron chi connectivity index (χ0n) is 11.5. The molecule has 0 saturated heterocycles. The molecule has 0 bridgehead atoms. The molecule has 2 aromatic heterocycles. The molecule has 0 fully saturated rings. The van der Waals surface area contributed by atoms with Crippen LogP contribution in [-0.2, 0) is 12.8 Å². The number of aromatic nitrogens is 3. The summed E-state index contributed by atoms with van der Waals surface area (Å²) in [6.07, 6.45) is 7.26. The quantitative estimate of drug-likeness (QED) is 0.689. The summed E-state index contributed by atoms with van der Waals surface area (Å²) in [7, 11) is 0. The second kappa shape index (κ2) is 4.37. The predicted molar refractivity (Wildman–Crippen MR) is 81.6 cm³/mol. The minimum atomic E-state index is 1.03. The van der Waals surface area contributed by atoms with Crippen molar-refractivity contribution in [2.75, 3.05) is 0 Å². The number of aryl methyl sites for hydroxylation is 2. The number of H-pyrrole nitrogens is 2. The van der Waals surface area contributed by atoms with Crippen molar-refractivity contribution in [3.05, 3.63) is 58.8 Å². The smallest absolute Gasteiger partial charge is 0.0929 e. The molecular formula is C17H17N3. The number of nitrogens with one attached hydrogen (secondary N) is 2. The Labute approximate surface area is 117 Å². The summed E-state index contributed by atoms with van der Waals surface area (Å²) in [5, 5.41) is 1.37. The molecule has 2 N–H and O–H groups in total. The third kappa shape index (κ3) is 1.78. The number of fused-ring (bicyclic) bond motifs is 3. The van der Waals surface area contributed by atoms with E-state index in [4.69, 9.17) is 0 Å². The van der Waals surface area contributed by atoms with Gasteiger partial charge < -0.3 is 9.97 Å². The molecule has 0 radical (unpaired) electrons. The Kier molecular flexibility index (Phi) is 2.52. The summed E-state index contributed by atoms with van der Waals surface area (Å²) < 4.78 is 0. The summed E-state index contributed by atoms with van der Waals surface area (Å²) in [6.45, 7) is 2.07. The van der Waals surface area contributed by atoms with E-state index in [1.807, 2.05) is 0 Å². The summed E-state index contributed by atoms with van der Waals surface area (Å²) in [5.41, 5.74) is 7.81. The Morgan fingerprint density at radius 1 is 1.20 bits per heavy atom. The average Bonchev–Trinajstić information content (AvgIpc) is 3.03. The van der Waals surface area contributed by atoms with Crippen LogP contribution in [0.3, 0.4) is 0 Å². The van der Waals surface area contributed by atoms with Crippen molar-refractivity contribution in [1.29, 1.82) is 0 Å². The van der Waals surface area contributed by atoms with E-state index < -0.39 is 0 Å². The number of hydrogen-bond donors (Lipinski definition) is 2. The summed E-state index contributed by atoms with van der Waals surface area (Å²) in [5.74, 6) is 0. The van der Waals surface area contributed by atoms with E-state index >= 15 is 0 Å². The largest absolute Gasteiger partial charge is 0.358 e. The Morgan fingerprint density at radius 3 is 2.95 bits per heavy atom. The van der Waals surface area contributed by atoms with Crippen molar-refractivity contribution < 1.29 is 0 Å². The molecule has 3 heteroatoms. The molecule has 1 aliphatic rings. The minimum Gasteiger partial charge on any atom is -0.358 e. The number of rotatable bonds is 1. The van der Waals surface area contributed by atoms with Crippen LogP contribution < -0.4 is 0 Å². The zero-order chi connectivity index (χ0) is 13.5. The second-order valence-electron chi connectivity index (χ2n) is 5.52. The highest BCUT2D eigenvalue weighted by Gasteiger charge is 2.18. The normalized spacial score (nSPS) is 16.8. The topological polar surface area (TPSA) is 44.5 Å². The molecule has 4 rings (SSSR count). The fourth-order valence-corrected chi connectivity index (χ4v) is 3.10. The molecule has 1 aliphatic carbocycles. The van der Waals surface area contributed by atoms with Crippen molar-refractivity contribution in [3.63, 3.8) is 0 Å². The van der Waals surface area contributed by atoms with Gasteiger partial charge in [0.25, 0.3) is 0 Å². The van der Waals surface area contributed by atoms with Crippen LogP contribution in [-0.4, -0.2) is 15.0 Å². The highest BCUT2D eigenvalue weighted by Crippen LogP contribution is 2.32. The third-order valence-electron chi connectivity index (χ3n) is 4.21. The van der Waals surface area contributed by atoms with Gasteiger partial charge in [0, 0.05) is 22.3 Å². The van der Waals surface area contributed by atoms with Gasteiger partial charge in [-0.15, -0.1) is 0 Å². The van der Waals surface area contributed by atoms with Crippen LogP contribution >= 0.6 is 0 Å². The first-order chi connectivity index (χ1) is 9.81. The van der Waals surface area contributed by atoms with E-state index in [1.165, 1.54) is 27.7 Å². The number of para-hydroxylation sites is 1. The number of nitrogens with zero attached hydrogens (tertiary/aromatic N) is 1. The number of imidazole rings is 1. The summed E-state index contributed by atoms with van der Waals surface area (Å²) in [4.78, 5) is 11.1. The standard InChI is InChI=1S/C17H17N3/c1-11-17(19-10-18-11)9-12-6-7-16-14(8-12)13-4-2-3-5-15(13)20-16/h2-5,9-10,20H,6-8H2,1H3,(H,18,19)/b12-9+. The molecule has 0 atom stereocenters. The molecule has 0 saturated carbocycles. The maximum absolute atomic E-state index is 4.38. The van der Waals surface area contributed by atoms with Crippen molar-refractivity contribution in [1.82, 2.24) is 15.0 Å². The minimum absolute atomic E-state index is 1.03. The van der Waals surface area contributed by atoms with E-state index in [0.29, 0.717) is 0 Å². The molecule has 2 heterocycles. The van der Waals surface area contributed by atoms with Gasteiger partial charge in [-0.05, 0) is 43.9 Å². The molecule has 100 valence electrons. The van der Waals surface area contributed by atoms with Crippen LogP contribution in [0.1, 0.15) is 29.1 Å². The van der Waals surface area contributed by atoms with Crippen molar-refractivity contribution in [3.8, 4) is 0 Å². The molecule has 3 nitrogen and oxygen atoms in total. The van der Waals surface area contributed by atoms with Gasteiger partial charge in [0.2, 0.25) is 0 Å². The van der Waals surface area contributed by atoms with Gasteiger partial charge in [0.05, 0.1) is 12.0 Å². The highest BCUT2D eigenvalue weighted by atomic mass is 14.9. The molecular weight excluding hydrogens is 246 g/mol. The Balaban J connectivity index is 1.76. The predicted octanol–water partition coefficient (Wildman–Crippen LogP) is 3.77. The SMILES string of the molecule is Cc1[nH]cnc1/C=C1\CCc2[nH]c3ccccc3c2C1. The van der Waals surface area contributed by atoms with E-state index in [1.54, 1.807) is 6.33 Å².